The first kappa shape index (κ1) is 14.6. The average molecular weight is 248 g/mol. The number of anilines is 1. The fourth-order valence-corrected chi connectivity index (χ4v) is 1.82. The lowest BCUT2D eigenvalue weighted by Crippen LogP contribution is -2.24. The number of nitrogens with zero attached hydrogens (tertiary/aromatic N) is 1. The molecule has 100 valence electrons. The number of nitrogens with one attached hydrogen (secondary N) is 1. The van der Waals surface area contributed by atoms with Crippen molar-refractivity contribution in [1.82, 2.24) is 4.90 Å². The van der Waals surface area contributed by atoms with Crippen molar-refractivity contribution in [2.45, 2.75) is 32.6 Å². The summed E-state index contributed by atoms with van der Waals surface area (Å²) in [6, 6.07) is 8.28. The van der Waals surface area contributed by atoms with E-state index >= 15 is 0 Å². The maximum Gasteiger partial charge on any atom is 0.223 e. The molecule has 0 aliphatic heterocycles. The van der Waals surface area contributed by atoms with Gasteiger partial charge in [0, 0.05) is 32.7 Å². The van der Waals surface area contributed by atoms with Crippen LogP contribution in [-0.2, 0) is 10.2 Å². The Morgan fingerprint density at radius 3 is 2.39 bits per heavy atom. The summed E-state index contributed by atoms with van der Waals surface area (Å²) >= 11 is 0. The second kappa shape index (κ2) is 5.89. The minimum absolute atomic E-state index is 0.106. The zero-order valence-electron chi connectivity index (χ0n) is 12.1. The van der Waals surface area contributed by atoms with Crippen LogP contribution in [-0.4, -0.2) is 31.4 Å². The molecular formula is C15H24N2O. The first-order chi connectivity index (χ1) is 8.32. The highest BCUT2D eigenvalue weighted by molar-refractivity contribution is 5.76. The van der Waals surface area contributed by atoms with Gasteiger partial charge in [-0.3, -0.25) is 4.79 Å². The fourth-order valence-electron chi connectivity index (χ4n) is 1.82. The van der Waals surface area contributed by atoms with E-state index in [4.69, 9.17) is 0 Å². The van der Waals surface area contributed by atoms with E-state index in [0.717, 1.165) is 5.69 Å². The van der Waals surface area contributed by atoms with Gasteiger partial charge in [0.15, 0.2) is 0 Å². The van der Waals surface area contributed by atoms with Gasteiger partial charge >= 0.3 is 0 Å². The lowest BCUT2D eigenvalue weighted by Gasteiger charge is -2.23. The Kier molecular flexibility index (Phi) is 4.76. The van der Waals surface area contributed by atoms with E-state index in [9.17, 15) is 4.79 Å². The van der Waals surface area contributed by atoms with Crippen LogP contribution in [0.2, 0.25) is 0 Å². The second-order valence-corrected chi connectivity index (χ2v) is 5.76. The minimum atomic E-state index is 0.106. The molecule has 0 aliphatic rings. The molecule has 3 nitrogen and oxygen atoms in total. The lowest BCUT2D eigenvalue weighted by atomic mass is 9.86. The van der Waals surface area contributed by atoms with Crippen LogP contribution in [0.1, 0.15) is 32.8 Å². The second-order valence-electron chi connectivity index (χ2n) is 5.76. The Hall–Kier alpha value is -1.51. The number of carbonyl (C=O) groups is 1. The third-order valence-electron chi connectivity index (χ3n) is 2.89. The number of carbonyl (C=O) groups excluding carboxylic acids is 1. The van der Waals surface area contributed by atoms with Crippen molar-refractivity contribution in [2.24, 2.45) is 0 Å². The Labute approximate surface area is 110 Å². The fraction of sp³-hybridized carbons (Fsp3) is 0.533. The van der Waals surface area contributed by atoms with E-state index in [0.29, 0.717) is 13.0 Å². The molecule has 0 saturated carbocycles. The summed E-state index contributed by atoms with van der Waals surface area (Å²) in [5.41, 5.74) is 2.51. The highest BCUT2D eigenvalue weighted by Crippen LogP contribution is 2.29. The summed E-state index contributed by atoms with van der Waals surface area (Å²) in [5, 5.41) is 3.36. The number of rotatable bonds is 4. The van der Waals surface area contributed by atoms with Crippen molar-refractivity contribution in [3.8, 4) is 0 Å². The molecule has 1 aromatic carbocycles. The van der Waals surface area contributed by atoms with Crippen LogP contribution < -0.4 is 5.32 Å². The lowest BCUT2D eigenvalue weighted by molar-refractivity contribution is -0.128. The van der Waals surface area contributed by atoms with Gasteiger partial charge < -0.3 is 10.2 Å². The molecule has 0 atom stereocenters. The van der Waals surface area contributed by atoms with Crippen LogP contribution in [0.5, 0.6) is 0 Å². The largest absolute Gasteiger partial charge is 0.384 e. The average Bonchev–Trinajstić information content (AvgIpc) is 2.28. The molecule has 3 heteroatoms. The van der Waals surface area contributed by atoms with Gasteiger partial charge in [0.1, 0.15) is 0 Å². The van der Waals surface area contributed by atoms with Crippen molar-refractivity contribution in [3.63, 3.8) is 0 Å². The van der Waals surface area contributed by atoms with Gasteiger partial charge in [-0.05, 0) is 17.0 Å². The van der Waals surface area contributed by atoms with Crippen molar-refractivity contribution in [1.29, 1.82) is 0 Å². The number of para-hydroxylation sites is 1. The van der Waals surface area contributed by atoms with Crippen LogP contribution in [0.3, 0.4) is 0 Å². The van der Waals surface area contributed by atoms with Gasteiger partial charge in [0.2, 0.25) is 5.91 Å². The summed E-state index contributed by atoms with van der Waals surface area (Å²) in [6.45, 7) is 7.25. The third kappa shape index (κ3) is 4.06. The molecule has 0 aliphatic carbocycles. The number of hydrogen-bond donors (Lipinski definition) is 1. The standard InChI is InChI=1S/C15H24N2O/c1-15(2,3)12-8-6-7-9-13(12)16-11-10-14(18)17(4)5/h6-9,16H,10-11H2,1-5H3. The normalized spacial score (nSPS) is 11.2. The predicted molar refractivity (Wildman–Crippen MR) is 76.9 cm³/mol. The summed E-state index contributed by atoms with van der Waals surface area (Å²) < 4.78 is 0. The quantitative estimate of drug-likeness (QED) is 0.888. The Morgan fingerprint density at radius 2 is 1.83 bits per heavy atom. The number of hydrogen-bond acceptors (Lipinski definition) is 2. The van der Waals surface area contributed by atoms with E-state index in [1.54, 1.807) is 19.0 Å². The molecule has 0 bridgehead atoms. The van der Waals surface area contributed by atoms with Gasteiger partial charge in [0.25, 0.3) is 0 Å². The van der Waals surface area contributed by atoms with Gasteiger partial charge in [-0.25, -0.2) is 0 Å². The van der Waals surface area contributed by atoms with E-state index in [-0.39, 0.29) is 11.3 Å². The topological polar surface area (TPSA) is 32.3 Å². The summed E-state index contributed by atoms with van der Waals surface area (Å²) in [5.74, 6) is 0.149. The summed E-state index contributed by atoms with van der Waals surface area (Å²) in [4.78, 5) is 13.1. The molecule has 0 saturated heterocycles. The SMILES string of the molecule is CN(C)C(=O)CCNc1ccccc1C(C)(C)C. The van der Waals surface area contributed by atoms with E-state index in [2.05, 4.69) is 44.3 Å². The van der Waals surface area contributed by atoms with Gasteiger partial charge in [-0.1, -0.05) is 39.0 Å². The van der Waals surface area contributed by atoms with Crippen LogP contribution >= 0.6 is 0 Å². The van der Waals surface area contributed by atoms with E-state index in [1.807, 2.05) is 6.07 Å². The smallest absolute Gasteiger partial charge is 0.223 e. The van der Waals surface area contributed by atoms with Gasteiger partial charge in [-0.2, -0.15) is 0 Å². The van der Waals surface area contributed by atoms with Crippen LogP contribution in [0.25, 0.3) is 0 Å². The zero-order chi connectivity index (χ0) is 13.8. The van der Waals surface area contributed by atoms with E-state index in [1.165, 1.54) is 5.56 Å². The molecule has 1 rings (SSSR count). The predicted octanol–water partition coefficient (Wildman–Crippen LogP) is 2.87. The highest BCUT2D eigenvalue weighted by atomic mass is 16.2. The molecule has 18 heavy (non-hydrogen) atoms. The molecule has 1 amide bonds. The van der Waals surface area contributed by atoms with Crippen LogP contribution in [0.4, 0.5) is 5.69 Å². The maximum atomic E-state index is 11.5. The number of amides is 1. The molecule has 1 N–H and O–H groups in total. The van der Waals surface area contributed by atoms with Crippen molar-refractivity contribution < 1.29 is 4.79 Å². The van der Waals surface area contributed by atoms with Gasteiger partial charge in [0.05, 0.1) is 0 Å². The molecule has 0 fully saturated rings. The molecule has 0 radical (unpaired) electrons. The first-order valence-electron chi connectivity index (χ1n) is 6.36. The highest BCUT2D eigenvalue weighted by Gasteiger charge is 2.17. The molecule has 0 unspecified atom stereocenters. The van der Waals surface area contributed by atoms with Crippen molar-refractivity contribution in [3.05, 3.63) is 29.8 Å². The Morgan fingerprint density at radius 1 is 1.22 bits per heavy atom. The maximum absolute atomic E-state index is 11.5. The Bertz CT molecular complexity index is 405. The Balaban J connectivity index is 2.66. The van der Waals surface area contributed by atoms with Gasteiger partial charge in [-0.15, -0.1) is 0 Å². The monoisotopic (exact) mass is 248 g/mol. The molecule has 1 aromatic rings. The zero-order valence-corrected chi connectivity index (χ0v) is 12.1. The van der Waals surface area contributed by atoms with Crippen molar-refractivity contribution in [2.75, 3.05) is 26.0 Å². The molecule has 0 spiro atoms. The third-order valence-corrected chi connectivity index (χ3v) is 2.89. The van der Waals surface area contributed by atoms with Crippen LogP contribution in [0, 0.1) is 0 Å². The summed E-state index contributed by atoms with van der Waals surface area (Å²) in [6.07, 6.45) is 0.519. The number of benzene rings is 1. The molecular weight excluding hydrogens is 224 g/mol. The van der Waals surface area contributed by atoms with Crippen LogP contribution in [0.15, 0.2) is 24.3 Å². The molecule has 0 aromatic heterocycles. The first-order valence-corrected chi connectivity index (χ1v) is 6.36. The van der Waals surface area contributed by atoms with Crippen molar-refractivity contribution >= 4 is 11.6 Å². The molecule has 0 heterocycles. The minimum Gasteiger partial charge on any atom is -0.384 e. The summed E-state index contributed by atoms with van der Waals surface area (Å²) in [7, 11) is 3.57. The van der Waals surface area contributed by atoms with E-state index < -0.39 is 0 Å².